The van der Waals surface area contributed by atoms with Gasteiger partial charge in [0, 0.05) is 26.2 Å². The minimum atomic E-state index is -2.02. The van der Waals surface area contributed by atoms with Crippen molar-refractivity contribution in [2.45, 2.75) is 155 Å². The van der Waals surface area contributed by atoms with E-state index in [-0.39, 0.29) is 42.5 Å². The van der Waals surface area contributed by atoms with Gasteiger partial charge in [-0.15, -0.1) is 0 Å². The predicted octanol–water partition coefficient (Wildman–Crippen LogP) is 8.38. The summed E-state index contributed by atoms with van der Waals surface area (Å²) in [4.78, 5) is 52.4. The molecule has 0 spiro atoms. The number of rotatable bonds is 12. The first kappa shape index (κ1) is 49.0. The Morgan fingerprint density at radius 2 is 1.07 bits per heavy atom. The molecule has 3 N–H and O–H groups in total. The molecule has 2 aliphatic heterocycles. The second-order valence-electron chi connectivity index (χ2n) is 18.6. The van der Waals surface area contributed by atoms with Crippen LogP contribution in [0.5, 0.6) is 0 Å². The summed E-state index contributed by atoms with van der Waals surface area (Å²) in [5.41, 5.74) is 0.682. The van der Waals surface area contributed by atoms with E-state index < -0.39 is 43.9 Å². The van der Waals surface area contributed by atoms with Crippen molar-refractivity contribution in [3.05, 3.63) is 71.8 Å². The first-order chi connectivity index (χ1) is 27.5. The van der Waals surface area contributed by atoms with Gasteiger partial charge in [-0.3, -0.25) is 0 Å². The lowest BCUT2D eigenvalue weighted by Crippen LogP contribution is -2.50. The van der Waals surface area contributed by atoms with Crippen LogP contribution < -0.4 is 10.6 Å². The number of aliphatic hydroxyl groups is 1. The van der Waals surface area contributed by atoms with E-state index in [1.165, 1.54) is 4.90 Å². The van der Waals surface area contributed by atoms with Crippen molar-refractivity contribution in [3.63, 3.8) is 0 Å². The van der Waals surface area contributed by atoms with Gasteiger partial charge >= 0.3 is 24.4 Å². The fraction of sp³-hybridized carbons (Fsp3) is 0.636. The zero-order chi connectivity index (χ0) is 44.0. The molecule has 4 amide bonds. The zero-order valence-electron chi connectivity index (χ0n) is 37.2. The summed E-state index contributed by atoms with van der Waals surface area (Å²) in [7, 11) is -2.02. The van der Waals surface area contributed by atoms with Gasteiger partial charge in [0.1, 0.15) is 24.4 Å². The molecule has 0 aliphatic carbocycles. The van der Waals surface area contributed by atoms with Gasteiger partial charge in [0.2, 0.25) is 0 Å². The van der Waals surface area contributed by atoms with Crippen molar-refractivity contribution in [2.24, 2.45) is 0 Å². The Labute approximate surface area is 352 Å². The lowest BCUT2D eigenvalue weighted by Gasteiger charge is -2.40. The molecule has 2 aromatic carbocycles. The summed E-state index contributed by atoms with van der Waals surface area (Å²) in [5.74, 6) is 0. The number of benzene rings is 2. The van der Waals surface area contributed by atoms with Crippen molar-refractivity contribution < 1.29 is 47.7 Å². The molecular weight excluding hydrogens is 773 g/mol. The summed E-state index contributed by atoms with van der Waals surface area (Å²) in [6.45, 7) is 24.2. The van der Waals surface area contributed by atoms with Crippen LogP contribution in [-0.4, -0.2) is 109 Å². The Morgan fingerprint density at radius 1 is 0.661 bits per heavy atom. The number of alkyl carbamates (subject to hydrolysis) is 2. The average molecular weight is 843 g/mol. The van der Waals surface area contributed by atoms with Crippen LogP contribution >= 0.6 is 0 Å². The Kier molecular flexibility index (Phi) is 18.1. The van der Waals surface area contributed by atoms with Gasteiger partial charge < -0.3 is 48.9 Å². The normalized spacial score (nSPS) is 19.6. The highest BCUT2D eigenvalue weighted by Gasteiger charge is 2.46. The SMILES string of the molecule is CC(C)(C)OC(=O)N1CC[C@H](O)[C@H]1CCNC(=O)OCc1ccccc1.CC(C)(C)OC(=O)N1CC[C@H](O[Si](C)(C)C(C)(C)C)[C@H]1CCNC(=O)OCc1ccccc1. The maximum atomic E-state index is 12.9. The molecule has 15 heteroatoms. The number of nitrogens with one attached hydrogen (secondary N) is 2. The van der Waals surface area contributed by atoms with E-state index in [0.717, 1.165) is 17.5 Å². The van der Waals surface area contributed by atoms with Crippen LogP contribution in [-0.2, 0) is 36.6 Å². The fourth-order valence-electron chi connectivity index (χ4n) is 6.33. The molecule has 2 fully saturated rings. The Bertz CT molecular complexity index is 1630. The van der Waals surface area contributed by atoms with Crippen molar-refractivity contribution in [1.29, 1.82) is 0 Å². The predicted molar refractivity (Wildman–Crippen MR) is 229 cm³/mol. The van der Waals surface area contributed by atoms with Crippen LogP contribution in [0.4, 0.5) is 19.2 Å². The van der Waals surface area contributed by atoms with Gasteiger partial charge in [-0.25, -0.2) is 19.2 Å². The van der Waals surface area contributed by atoms with Gasteiger partial charge in [-0.2, -0.15) is 0 Å². The first-order valence-corrected chi connectivity index (χ1v) is 23.6. The van der Waals surface area contributed by atoms with E-state index in [9.17, 15) is 24.3 Å². The summed E-state index contributed by atoms with van der Waals surface area (Å²) in [6, 6.07) is 18.4. The Hall–Kier alpha value is -4.34. The molecule has 0 aromatic heterocycles. The number of nitrogens with zero attached hydrogens (tertiary/aromatic N) is 2. The quantitative estimate of drug-likeness (QED) is 0.140. The maximum Gasteiger partial charge on any atom is 0.410 e. The van der Waals surface area contributed by atoms with Gasteiger partial charge in [0.25, 0.3) is 0 Å². The topological polar surface area (TPSA) is 165 Å². The van der Waals surface area contributed by atoms with Gasteiger partial charge in [-0.05, 0) is 96.5 Å². The molecule has 4 atom stereocenters. The van der Waals surface area contributed by atoms with Gasteiger partial charge in [0.05, 0.1) is 24.3 Å². The molecule has 2 aliphatic rings. The molecule has 2 aromatic rings. The van der Waals surface area contributed by atoms with E-state index in [0.29, 0.717) is 45.4 Å². The summed E-state index contributed by atoms with van der Waals surface area (Å²) in [6.07, 6.45) is -0.207. The molecule has 59 heavy (non-hydrogen) atoms. The molecule has 0 radical (unpaired) electrons. The second kappa shape index (κ2) is 21.8. The number of aliphatic hydroxyl groups excluding tert-OH is 1. The van der Waals surface area contributed by atoms with E-state index >= 15 is 0 Å². The number of likely N-dealkylation sites (tertiary alicyclic amines) is 2. The molecule has 2 heterocycles. The molecule has 2 saturated heterocycles. The molecule has 0 bridgehead atoms. The standard InChI is InChI=1S/C25H42N2O5Si.C19H28N2O5/c1-24(2,3)31-23(29)27-17-15-21(32-33(7,8)25(4,5)6)20(27)14-16-26-22(28)30-18-19-12-10-9-11-13-19;1-19(2,3)26-18(24)21-12-10-16(22)15(21)9-11-20-17(23)25-13-14-7-5-4-6-8-14/h9-13,20-21H,14-18H2,1-8H3,(H,26,28);4-8,15-16,22H,9-13H2,1-3H3,(H,20,23)/t20-,21+;15-,16+/m11/s1. The third-order valence-corrected chi connectivity index (χ3v) is 14.9. The van der Waals surface area contributed by atoms with Crippen molar-refractivity contribution in [3.8, 4) is 0 Å². The number of carbonyl (C=O) groups is 4. The van der Waals surface area contributed by atoms with Crippen molar-refractivity contribution in [2.75, 3.05) is 26.2 Å². The smallest absolute Gasteiger partial charge is 0.410 e. The highest BCUT2D eigenvalue weighted by Crippen LogP contribution is 2.40. The summed E-state index contributed by atoms with van der Waals surface area (Å²) >= 11 is 0. The number of hydrogen-bond acceptors (Lipinski definition) is 10. The zero-order valence-corrected chi connectivity index (χ0v) is 38.2. The number of hydrogen-bond donors (Lipinski definition) is 3. The van der Waals surface area contributed by atoms with Crippen molar-refractivity contribution in [1.82, 2.24) is 20.4 Å². The third kappa shape index (κ3) is 17.0. The third-order valence-electron chi connectivity index (χ3n) is 10.3. The van der Waals surface area contributed by atoms with E-state index in [2.05, 4.69) is 44.5 Å². The largest absolute Gasteiger partial charge is 0.445 e. The Balaban J connectivity index is 0.000000324. The highest BCUT2D eigenvalue weighted by molar-refractivity contribution is 6.74. The Morgan fingerprint density at radius 3 is 1.49 bits per heavy atom. The van der Waals surface area contributed by atoms with Crippen molar-refractivity contribution >= 4 is 32.7 Å². The lowest BCUT2D eigenvalue weighted by atomic mass is 10.1. The fourth-order valence-corrected chi connectivity index (χ4v) is 7.72. The van der Waals surface area contributed by atoms with Crippen LogP contribution in [0.2, 0.25) is 18.1 Å². The maximum absolute atomic E-state index is 12.9. The van der Waals surface area contributed by atoms with E-state index in [1.807, 2.05) is 81.4 Å². The van der Waals surface area contributed by atoms with Crippen LogP contribution in [0.25, 0.3) is 0 Å². The molecule has 330 valence electrons. The molecule has 0 unspecified atom stereocenters. The molecule has 14 nitrogen and oxygen atoms in total. The minimum Gasteiger partial charge on any atom is -0.445 e. The second-order valence-corrected chi connectivity index (χ2v) is 23.4. The lowest BCUT2D eigenvalue weighted by molar-refractivity contribution is 0.0140. The molecule has 4 rings (SSSR count). The average Bonchev–Trinajstić information content (AvgIpc) is 3.71. The number of amides is 4. The molecule has 0 saturated carbocycles. The van der Waals surface area contributed by atoms with Crippen LogP contribution in [0.1, 0.15) is 99.1 Å². The first-order valence-electron chi connectivity index (χ1n) is 20.7. The van der Waals surface area contributed by atoms with Crippen LogP contribution in [0.15, 0.2) is 60.7 Å². The number of carbonyl (C=O) groups excluding carboxylic acids is 4. The van der Waals surface area contributed by atoms with Gasteiger partial charge in [0.15, 0.2) is 8.32 Å². The summed E-state index contributed by atoms with van der Waals surface area (Å²) in [5, 5.41) is 15.7. The minimum absolute atomic E-state index is 0.0659. The van der Waals surface area contributed by atoms with Crippen LogP contribution in [0, 0.1) is 0 Å². The summed E-state index contributed by atoms with van der Waals surface area (Å²) < 4.78 is 28.2. The number of ether oxygens (including phenoxy) is 4. The monoisotopic (exact) mass is 842 g/mol. The highest BCUT2D eigenvalue weighted by atomic mass is 28.4. The van der Waals surface area contributed by atoms with E-state index in [1.54, 1.807) is 25.7 Å². The van der Waals surface area contributed by atoms with Crippen LogP contribution in [0.3, 0.4) is 0 Å². The molecular formula is C44H70N4O10Si. The van der Waals surface area contributed by atoms with Gasteiger partial charge in [-0.1, -0.05) is 81.4 Å². The van der Waals surface area contributed by atoms with E-state index in [4.69, 9.17) is 23.4 Å².